The number of carbonyl (C=O) groups is 1. The van der Waals surface area contributed by atoms with Crippen LogP contribution in [0.25, 0.3) is 0 Å². The van der Waals surface area contributed by atoms with Crippen LogP contribution in [0.1, 0.15) is 40.5 Å². The van der Waals surface area contributed by atoms with Crippen LogP contribution in [0.4, 0.5) is 0 Å². The Bertz CT molecular complexity index is 230. The van der Waals surface area contributed by atoms with E-state index in [1.165, 1.54) is 0 Å². The molecule has 1 heterocycles. The lowest BCUT2D eigenvalue weighted by Crippen LogP contribution is -2.42. The van der Waals surface area contributed by atoms with E-state index in [0.717, 1.165) is 32.5 Å². The number of carbonyl (C=O) groups excluding carboxylic acids is 1. The highest BCUT2D eigenvalue weighted by atomic mass is 16.5. The van der Waals surface area contributed by atoms with E-state index < -0.39 is 0 Å². The van der Waals surface area contributed by atoms with Crippen molar-refractivity contribution >= 4 is 5.97 Å². The van der Waals surface area contributed by atoms with E-state index in [2.05, 4.69) is 11.8 Å². The minimum atomic E-state index is -0.324. The van der Waals surface area contributed by atoms with Gasteiger partial charge in [0.05, 0.1) is 12.0 Å². The van der Waals surface area contributed by atoms with Gasteiger partial charge in [0, 0.05) is 0 Å². The molecule has 0 atom stereocenters. The number of esters is 1. The Morgan fingerprint density at radius 1 is 1.31 bits per heavy atom. The largest absolute Gasteiger partial charge is 0.466 e. The number of hydrogen-bond acceptors (Lipinski definition) is 3. The number of nitrogens with zero attached hydrogens (tertiary/aromatic N) is 1. The molecule has 1 aliphatic heterocycles. The Kier molecular flexibility index (Phi) is 4.78. The van der Waals surface area contributed by atoms with E-state index in [9.17, 15) is 4.79 Å². The van der Waals surface area contributed by atoms with Gasteiger partial charge in [-0.05, 0) is 59.2 Å². The summed E-state index contributed by atoms with van der Waals surface area (Å²) >= 11 is 0. The van der Waals surface area contributed by atoms with Crippen molar-refractivity contribution < 1.29 is 9.53 Å². The SMILES string of the molecule is CCOC(=O)C(C)(C)C1CCN(CC)CC1. The van der Waals surface area contributed by atoms with Crippen molar-refractivity contribution in [3.63, 3.8) is 0 Å². The summed E-state index contributed by atoms with van der Waals surface area (Å²) in [6.07, 6.45) is 2.22. The zero-order valence-corrected chi connectivity index (χ0v) is 11.1. The molecule has 3 heteroatoms. The molecule has 0 aromatic heterocycles. The van der Waals surface area contributed by atoms with Gasteiger partial charge in [-0.15, -0.1) is 0 Å². The Labute approximate surface area is 99.1 Å². The van der Waals surface area contributed by atoms with Crippen molar-refractivity contribution in [1.29, 1.82) is 0 Å². The third kappa shape index (κ3) is 2.97. The van der Waals surface area contributed by atoms with Crippen LogP contribution in [0.3, 0.4) is 0 Å². The maximum Gasteiger partial charge on any atom is 0.311 e. The molecule has 0 aromatic carbocycles. The molecule has 0 aromatic rings. The van der Waals surface area contributed by atoms with E-state index >= 15 is 0 Å². The molecule has 1 saturated heterocycles. The summed E-state index contributed by atoms with van der Waals surface area (Å²) in [5.74, 6) is 0.430. The molecule has 1 fully saturated rings. The highest BCUT2D eigenvalue weighted by Gasteiger charge is 2.39. The standard InChI is InChI=1S/C13H25NO2/c1-5-14-9-7-11(8-10-14)13(3,4)12(15)16-6-2/h11H,5-10H2,1-4H3. The molecule has 94 valence electrons. The Hall–Kier alpha value is -0.570. The summed E-state index contributed by atoms with van der Waals surface area (Å²) in [7, 11) is 0. The van der Waals surface area contributed by atoms with Gasteiger partial charge in [-0.3, -0.25) is 4.79 Å². The normalized spacial score (nSPS) is 19.8. The van der Waals surface area contributed by atoms with Crippen LogP contribution in [-0.2, 0) is 9.53 Å². The zero-order valence-electron chi connectivity index (χ0n) is 11.1. The van der Waals surface area contributed by atoms with Gasteiger partial charge in [-0.2, -0.15) is 0 Å². The van der Waals surface area contributed by atoms with Crippen molar-refractivity contribution in [2.45, 2.75) is 40.5 Å². The summed E-state index contributed by atoms with van der Waals surface area (Å²) in [5, 5.41) is 0. The zero-order chi connectivity index (χ0) is 12.2. The third-order valence-corrected chi connectivity index (χ3v) is 3.86. The fourth-order valence-electron chi connectivity index (χ4n) is 2.45. The highest BCUT2D eigenvalue weighted by molar-refractivity contribution is 5.76. The van der Waals surface area contributed by atoms with Crippen LogP contribution in [0, 0.1) is 11.3 Å². The van der Waals surface area contributed by atoms with E-state index in [4.69, 9.17) is 4.74 Å². The predicted molar refractivity (Wildman–Crippen MR) is 65.3 cm³/mol. The van der Waals surface area contributed by atoms with Crippen LogP contribution < -0.4 is 0 Å². The minimum absolute atomic E-state index is 0.0371. The number of piperidine rings is 1. The van der Waals surface area contributed by atoms with Crippen LogP contribution in [0.5, 0.6) is 0 Å². The second-order valence-electron chi connectivity index (χ2n) is 5.15. The maximum atomic E-state index is 11.9. The average molecular weight is 227 g/mol. The summed E-state index contributed by atoms with van der Waals surface area (Å²) in [6, 6.07) is 0. The summed E-state index contributed by atoms with van der Waals surface area (Å²) in [5.41, 5.74) is -0.324. The molecule has 0 amide bonds. The van der Waals surface area contributed by atoms with E-state index in [1.807, 2.05) is 20.8 Å². The number of hydrogen-bond donors (Lipinski definition) is 0. The molecule has 0 saturated carbocycles. The van der Waals surface area contributed by atoms with E-state index in [-0.39, 0.29) is 11.4 Å². The van der Waals surface area contributed by atoms with Gasteiger partial charge in [-0.1, -0.05) is 6.92 Å². The van der Waals surface area contributed by atoms with Crippen molar-refractivity contribution in [2.75, 3.05) is 26.2 Å². The highest BCUT2D eigenvalue weighted by Crippen LogP contribution is 2.36. The van der Waals surface area contributed by atoms with Gasteiger partial charge in [0.25, 0.3) is 0 Å². The van der Waals surface area contributed by atoms with Gasteiger partial charge >= 0.3 is 5.97 Å². The van der Waals surface area contributed by atoms with Crippen molar-refractivity contribution in [1.82, 2.24) is 4.90 Å². The first-order chi connectivity index (χ1) is 7.52. The molecule has 0 spiro atoms. The first-order valence-electron chi connectivity index (χ1n) is 6.41. The summed E-state index contributed by atoms with van der Waals surface area (Å²) < 4.78 is 5.16. The Morgan fingerprint density at radius 3 is 2.31 bits per heavy atom. The second kappa shape index (κ2) is 5.67. The van der Waals surface area contributed by atoms with E-state index in [1.54, 1.807) is 0 Å². The first kappa shape index (κ1) is 13.5. The lowest BCUT2D eigenvalue weighted by Gasteiger charge is -2.38. The minimum Gasteiger partial charge on any atom is -0.466 e. The van der Waals surface area contributed by atoms with Crippen LogP contribution in [0.2, 0.25) is 0 Å². The lowest BCUT2D eigenvalue weighted by molar-refractivity contribution is -0.157. The molecule has 3 nitrogen and oxygen atoms in total. The second-order valence-corrected chi connectivity index (χ2v) is 5.15. The first-order valence-corrected chi connectivity index (χ1v) is 6.41. The van der Waals surface area contributed by atoms with Gasteiger partial charge in [0.2, 0.25) is 0 Å². The van der Waals surface area contributed by atoms with Crippen LogP contribution >= 0.6 is 0 Å². The van der Waals surface area contributed by atoms with Gasteiger partial charge in [0.1, 0.15) is 0 Å². The molecular formula is C13H25NO2. The molecule has 0 bridgehead atoms. The van der Waals surface area contributed by atoms with Crippen LogP contribution in [-0.4, -0.2) is 37.1 Å². The number of ether oxygens (including phenoxy) is 1. The number of likely N-dealkylation sites (tertiary alicyclic amines) is 1. The maximum absolute atomic E-state index is 11.9. The summed E-state index contributed by atoms with van der Waals surface area (Å²) in [6.45, 7) is 11.9. The molecule has 1 aliphatic rings. The molecule has 0 N–H and O–H groups in total. The van der Waals surface area contributed by atoms with Gasteiger partial charge < -0.3 is 9.64 Å². The van der Waals surface area contributed by atoms with Gasteiger partial charge in [0.15, 0.2) is 0 Å². The van der Waals surface area contributed by atoms with E-state index in [0.29, 0.717) is 12.5 Å². The lowest BCUT2D eigenvalue weighted by atomic mass is 9.73. The van der Waals surface area contributed by atoms with Crippen molar-refractivity contribution in [3.8, 4) is 0 Å². The average Bonchev–Trinajstić information content (AvgIpc) is 2.29. The predicted octanol–water partition coefficient (Wildman–Crippen LogP) is 2.31. The van der Waals surface area contributed by atoms with Gasteiger partial charge in [-0.25, -0.2) is 0 Å². The Morgan fingerprint density at radius 2 is 1.88 bits per heavy atom. The summed E-state index contributed by atoms with van der Waals surface area (Å²) in [4.78, 5) is 14.3. The van der Waals surface area contributed by atoms with Crippen molar-refractivity contribution in [3.05, 3.63) is 0 Å². The quantitative estimate of drug-likeness (QED) is 0.690. The number of rotatable bonds is 4. The molecule has 0 radical (unpaired) electrons. The molecule has 16 heavy (non-hydrogen) atoms. The smallest absolute Gasteiger partial charge is 0.311 e. The van der Waals surface area contributed by atoms with Crippen LogP contribution in [0.15, 0.2) is 0 Å². The fourth-order valence-corrected chi connectivity index (χ4v) is 2.45. The van der Waals surface area contributed by atoms with Crippen molar-refractivity contribution in [2.24, 2.45) is 11.3 Å². The molecule has 0 aliphatic carbocycles. The monoisotopic (exact) mass is 227 g/mol. The molecule has 1 rings (SSSR count). The topological polar surface area (TPSA) is 29.5 Å². The third-order valence-electron chi connectivity index (χ3n) is 3.86. The molecule has 0 unspecified atom stereocenters. The molecular weight excluding hydrogens is 202 g/mol. The Balaban J connectivity index is 2.53. The fraction of sp³-hybridized carbons (Fsp3) is 0.923.